The lowest BCUT2D eigenvalue weighted by molar-refractivity contribution is -0.383. The zero-order chi connectivity index (χ0) is 13.2. The highest BCUT2D eigenvalue weighted by Gasteiger charge is 2.16. The lowest BCUT2D eigenvalue weighted by Crippen LogP contribution is -2.36. The summed E-state index contributed by atoms with van der Waals surface area (Å²) >= 11 is 0. The van der Waals surface area contributed by atoms with Gasteiger partial charge in [-0.1, -0.05) is 6.07 Å². The molecule has 2 aromatic rings. The molecule has 0 amide bonds. The number of hydrogen-bond acceptors (Lipinski definition) is 5. The van der Waals surface area contributed by atoms with E-state index in [-0.39, 0.29) is 10.6 Å². The zero-order valence-electron chi connectivity index (χ0n) is 10.3. The van der Waals surface area contributed by atoms with Crippen LogP contribution in [0.2, 0.25) is 0 Å². The molecule has 2 heterocycles. The number of pyridine rings is 1. The Balaban J connectivity index is 2.04. The van der Waals surface area contributed by atoms with E-state index in [0.717, 1.165) is 18.9 Å². The average Bonchev–Trinajstić information content (AvgIpc) is 2.47. The Morgan fingerprint density at radius 1 is 1.21 bits per heavy atom. The topological polar surface area (TPSA) is 68.5 Å². The van der Waals surface area contributed by atoms with Crippen molar-refractivity contribution in [1.82, 2.24) is 4.98 Å². The summed E-state index contributed by atoms with van der Waals surface area (Å²) in [4.78, 5) is 17.2. The van der Waals surface area contributed by atoms with Crippen LogP contribution < -0.4 is 4.90 Å². The SMILES string of the molecule is O=[N+]([O-])c1cccc2nc(N3CCOCC3)ccc12. The minimum absolute atomic E-state index is 0.0959. The van der Waals surface area contributed by atoms with Crippen molar-refractivity contribution in [2.45, 2.75) is 0 Å². The van der Waals surface area contributed by atoms with Crippen molar-refractivity contribution >= 4 is 22.4 Å². The fourth-order valence-electron chi connectivity index (χ4n) is 2.26. The molecule has 1 saturated heterocycles. The maximum atomic E-state index is 11.0. The number of nitro groups is 1. The van der Waals surface area contributed by atoms with E-state index in [0.29, 0.717) is 24.1 Å². The number of aromatic nitrogens is 1. The maximum Gasteiger partial charge on any atom is 0.278 e. The Kier molecular flexibility index (Phi) is 3.00. The van der Waals surface area contributed by atoms with Crippen molar-refractivity contribution in [2.75, 3.05) is 31.2 Å². The Morgan fingerprint density at radius 3 is 2.74 bits per heavy atom. The molecule has 1 aliphatic heterocycles. The molecular formula is C13H13N3O3. The molecular weight excluding hydrogens is 246 g/mol. The first-order valence-electron chi connectivity index (χ1n) is 6.12. The van der Waals surface area contributed by atoms with Gasteiger partial charge in [-0.05, 0) is 18.2 Å². The predicted molar refractivity (Wildman–Crippen MR) is 71.4 cm³/mol. The van der Waals surface area contributed by atoms with Gasteiger partial charge < -0.3 is 9.64 Å². The molecule has 0 spiro atoms. The third-order valence-electron chi connectivity index (χ3n) is 3.23. The van der Waals surface area contributed by atoms with Crippen LogP contribution in [-0.2, 0) is 4.74 Å². The highest BCUT2D eigenvalue weighted by atomic mass is 16.6. The smallest absolute Gasteiger partial charge is 0.278 e. The molecule has 1 aromatic heterocycles. The van der Waals surface area contributed by atoms with Crippen molar-refractivity contribution in [3.8, 4) is 0 Å². The first kappa shape index (κ1) is 11.9. The third kappa shape index (κ3) is 2.22. The summed E-state index contributed by atoms with van der Waals surface area (Å²) in [5.41, 5.74) is 0.747. The van der Waals surface area contributed by atoms with Crippen LogP contribution in [0.15, 0.2) is 30.3 Å². The van der Waals surface area contributed by atoms with E-state index >= 15 is 0 Å². The molecule has 0 atom stereocenters. The number of anilines is 1. The highest BCUT2D eigenvalue weighted by Crippen LogP contribution is 2.26. The van der Waals surface area contributed by atoms with E-state index in [4.69, 9.17) is 4.74 Å². The minimum atomic E-state index is -0.377. The Labute approximate surface area is 109 Å². The first-order chi connectivity index (χ1) is 9.25. The monoisotopic (exact) mass is 259 g/mol. The van der Waals surface area contributed by atoms with Crippen LogP contribution in [0.5, 0.6) is 0 Å². The predicted octanol–water partition coefficient (Wildman–Crippen LogP) is 1.98. The molecule has 6 heteroatoms. The standard InChI is InChI=1S/C13H13N3O3/c17-16(18)12-3-1-2-11-10(12)4-5-13(14-11)15-6-8-19-9-7-15/h1-5H,6-9H2. The van der Waals surface area contributed by atoms with Crippen LogP contribution in [0.3, 0.4) is 0 Å². The van der Waals surface area contributed by atoms with E-state index in [9.17, 15) is 10.1 Å². The van der Waals surface area contributed by atoms with Gasteiger partial charge in [-0.3, -0.25) is 10.1 Å². The fraction of sp³-hybridized carbons (Fsp3) is 0.308. The van der Waals surface area contributed by atoms with Crippen molar-refractivity contribution in [2.24, 2.45) is 0 Å². The van der Waals surface area contributed by atoms with Crippen molar-refractivity contribution in [3.05, 3.63) is 40.4 Å². The van der Waals surface area contributed by atoms with Crippen LogP contribution >= 0.6 is 0 Å². The van der Waals surface area contributed by atoms with E-state index in [1.54, 1.807) is 18.2 Å². The molecule has 1 aromatic carbocycles. The Morgan fingerprint density at radius 2 is 2.00 bits per heavy atom. The largest absolute Gasteiger partial charge is 0.378 e. The van der Waals surface area contributed by atoms with Gasteiger partial charge in [-0.2, -0.15) is 0 Å². The van der Waals surface area contributed by atoms with Gasteiger partial charge in [0, 0.05) is 19.2 Å². The molecule has 0 radical (unpaired) electrons. The van der Waals surface area contributed by atoms with Gasteiger partial charge >= 0.3 is 0 Å². The number of benzene rings is 1. The summed E-state index contributed by atoms with van der Waals surface area (Å²) in [7, 11) is 0. The molecule has 1 aliphatic rings. The molecule has 0 N–H and O–H groups in total. The third-order valence-corrected chi connectivity index (χ3v) is 3.23. The summed E-state index contributed by atoms with van der Waals surface area (Å²) in [6.07, 6.45) is 0. The van der Waals surface area contributed by atoms with Gasteiger partial charge in [0.05, 0.1) is 29.0 Å². The molecule has 0 bridgehead atoms. The lowest BCUT2D eigenvalue weighted by atomic mass is 10.2. The fourth-order valence-corrected chi connectivity index (χ4v) is 2.26. The quantitative estimate of drug-likeness (QED) is 0.609. The van der Waals surface area contributed by atoms with E-state index < -0.39 is 0 Å². The van der Waals surface area contributed by atoms with Gasteiger partial charge in [0.25, 0.3) is 5.69 Å². The molecule has 0 saturated carbocycles. The van der Waals surface area contributed by atoms with Crippen LogP contribution in [-0.4, -0.2) is 36.2 Å². The van der Waals surface area contributed by atoms with Crippen molar-refractivity contribution in [1.29, 1.82) is 0 Å². The molecule has 0 unspecified atom stereocenters. The summed E-state index contributed by atoms with van der Waals surface area (Å²) in [5.74, 6) is 0.844. The van der Waals surface area contributed by atoms with E-state index in [1.165, 1.54) is 6.07 Å². The first-order valence-corrected chi connectivity index (χ1v) is 6.12. The second kappa shape index (κ2) is 4.81. The number of rotatable bonds is 2. The zero-order valence-corrected chi connectivity index (χ0v) is 10.3. The normalized spacial score (nSPS) is 15.7. The number of non-ortho nitro benzene ring substituents is 1. The van der Waals surface area contributed by atoms with Crippen molar-refractivity contribution < 1.29 is 9.66 Å². The second-order valence-electron chi connectivity index (χ2n) is 4.37. The highest BCUT2D eigenvalue weighted by molar-refractivity contribution is 5.88. The summed E-state index contributed by atoms with van der Waals surface area (Å²) in [6, 6.07) is 8.56. The van der Waals surface area contributed by atoms with Gasteiger partial charge in [0.15, 0.2) is 0 Å². The Hall–Kier alpha value is -2.21. The van der Waals surface area contributed by atoms with Crippen LogP contribution in [0.25, 0.3) is 10.9 Å². The van der Waals surface area contributed by atoms with Crippen LogP contribution in [0.4, 0.5) is 11.5 Å². The number of fused-ring (bicyclic) bond motifs is 1. The molecule has 98 valence electrons. The van der Waals surface area contributed by atoms with Gasteiger partial charge in [0.2, 0.25) is 0 Å². The maximum absolute atomic E-state index is 11.0. The average molecular weight is 259 g/mol. The molecule has 19 heavy (non-hydrogen) atoms. The number of nitrogens with zero attached hydrogens (tertiary/aromatic N) is 3. The molecule has 3 rings (SSSR count). The minimum Gasteiger partial charge on any atom is -0.378 e. The Bertz CT molecular complexity index is 624. The molecule has 1 fully saturated rings. The number of hydrogen-bond donors (Lipinski definition) is 0. The van der Waals surface area contributed by atoms with Gasteiger partial charge in [0.1, 0.15) is 5.82 Å². The molecule has 0 aliphatic carbocycles. The van der Waals surface area contributed by atoms with Crippen LogP contribution in [0.1, 0.15) is 0 Å². The number of nitro benzene ring substituents is 1. The summed E-state index contributed by atoms with van der Waals surface area (Å²) in [5, 5.41) is 11.5. The van der Waals surface area contributed by atoms with E-state index in [2.05, 4.69) is 9.88 Å². The summed E-state index contributed by atoms with van der Waals surface area (Å²) in [6.45, 7) is 2.98. The number of morpholine rings is 1. The second-order valence-corrected chi connectivity index (χ2v) is 4.37. The number of ether oxygens (including phenoxy) is 1. The summed E-state index contributed by atoms with van der Waals surface area (Å²) < 4.78 is 5.30. The van der Waals surface area contributed by atoms with Crippen molar-refractivity contribution in [3.63, 3.8) is 0 Å². The van der Waals surface area contributed by atoms with Gasteiger partial charge in [-0.15, -0.1) is 0 Å². The van der Waals surface area contributed by atoms with Crippen LogP contribution in [0, 0.1) is 10.1 Å². The lowest BCUT2D eigenvalue weighted by Gasteiger charge is -2.27. The molecule has 6 nitrogen and oxygen atoms in total. The van der Waals surface area contributed by atoms with Gasteiger partial charge in [-0.25, -0.2) is 4.98 Å². The van der Waals surface area contributed by atoms with E-state index in [1.807, 2.05) is 6.07 Å².